The average molecular weight is 385 g/mol. The first-order valence-corrected chi connectivity index (χ1v) is 9.76. The minimum Gasteiger partial charge on any atom is -0.509 e. The molecule has 156 valence electrons. The van der Waals surface area contributed by atoms with Crippen LogP contribution in [0.1, 0.15) is 65.2 Å². The van der Waals surface area contributed by atoms with Gasteiger partial charge in [0.15, 0.2) is 0 Å². The van der Waals surface area contributed by atoms with E-state index in [1.54, 1.807) is 6.08 Å². The molecular formula is C21H36O6. The first-order chi connectivity index (χ1) is 12.9. The Labute approximate surface area is 162 Å². The number of carbonyl (C=O) groups is 1. The molecule has 0 aromatic heterocycles. The minimum atomic E-state index is -1.14. The second kappa shape index (κ2) is 15.4. The van der Waals surface area contributed by atoms with Gasteiger partial charge in [0, 0.05) is 12.0 Å². The lowest BCUT2D eigenvalue weighted by Gasteiger charge is -2.15. The van der Waals surface area contributed by atoms with Crippen LogP contribution in [0.2, 0.25) is 0 Å². The third-order valence-corrected chi connectivity index (χ3v) is 4.20. The van der Waals surface area contributed by atoms with Crippen molar-refractivity contribution < 1.29 is 30.0 Å². The number of allylic oxidation sites excluding steroid dienone is 4. The summed E-state index contributed by atoms with van der Waals surface area (Å²) in [4.78, 5) is 11.1. The molecule has 3 atom stereocenters. The first kappa shape index (κ1) is 25.4. The third-order valence-electron chi connectivity index (χ3n) is 4.20. The van der Waals surface area contributed by atoms with E-state index in [0.717, 1.165) is 25.7 Å². The Hall–Kier alpha value is -1.63. The van der Waals surface area contributed by atoms with Crippen LogP contribution in [0, 0.1) is 0 Å². The van der Waals surface area contributed by atoms with E-state index in [1.165, 1.54) is 19.3 Å². The summed E-state index contributed by atoms with van der Waals surface area (Å²) in [6, 6.07) is 0. The van der Waals surface area contributed by atoms with Gasteiger partial charge in [-0.1, -0.05) is 57.4 Å². The van der Waals surface area contributed by atoms with Crippen molar-refractivity contribution >= 4 is 5.97 Å². The number of aliphatic hydroxyl groups is 4. The normalized spacial score (nSPS) is 16.4. The molecule has 0 amide bonds. The molecule has 0 bridgehead atoms. The Bertz CT molecular complexity index is 495. The van der Waals surface area contributed by atoms with E-state index >= 15 is 0 Å². The highest BCUT2D eigenvalue weighted by atomic mass is 16.5. The van der Waals surface area contributed by atoms with Gasteiger partial charge in [-0.2, -0.15) is 0 Å². The van der Waals surface area contributed by atoms with Crippen molar-refractivity contribution in [3.63, 3.8) is 0 Å². The standard InChI is InChI=1S/C21H36O6/c1-4-6-8-11-19(24)21(26)16(10-7-5-2)14-15-18(23)17(22)12-9-13-20(25)27-3/h7,10,14-15,17-19,22-24,26H,4-6,8-9,11-13H2,1-3H3/b10-7?,15-14+,21-16+. The predicted octanol–water partition coefficient (Wildman–Crippen LogP) is 3.33. The van der Waals surface area contributed by atoms with Crippen LogP contribution in [0.3, 0.4) is 0 Å². The molecule has 0 saturated carbocycles. The van der Waals surface area contributed by atoms with E-state index in [4.69, 9.17) is 0 Å². The zero-order valence-electron chi connectivity index (χ0n) is 16.8. The first-order valence-electron chi connectivity index (χ1n) is 9.76. The van der Waals surface area contributed by atoms with Gasteiger partial charge in [-0.15, -0.1) is 0 Å². The average Bonchev–Trinajstić information content (AvgIpc) is 2.66. The van der Waals surface area contributed by atoms with Crippen LogP contribution in [0.4, 0.5) is 0 Å². The van der Waals surface area contributed by atoms with Gasteiger partial charge in [-0.3, -0.25) is 4.79 Å². The number of methoxy groups -OCH3 is 1. The monoisotopic (exact) mass is 384 g/mol. The van der Waals surface area contributed by atoms with Gasteiger partial charge in [0.25, 0.3) is 0 Å². The van der Waals surface area contributed by atoms with Gasteiger partial charge in [-0.05, 0) is 25.7 Å². The smallest absolute Gasteiger partial charge is 0.305 e. The molecule has 0 aliphatic carbocycles. The van der Waals surface area contributed by atoms with E-state index in [-0.39, 0.29) is 24.6 Å². The van der Waals surface area contributed by atoms with Gasteiger partial charge < -0.3 is 25.2 Å². The quantitative estimate of drug-likeness (QED) is 0.158. The van der Waals surface area contributed by atoms with Crippen molar-refractivity contribution in [1.82, 2.24) is 0 Å². The Morgan fingerprint density at radius 2 is 1.74 bits per heavy atom. The van der Waals surface area contributed by atoms with Crippen LogP contribution in [0.15, 0.2) is 35.6 Å². The van der Waals surface area contributed by atoms with E-state index in [2.05, 4.69) is 11.7 Å². The van der Waals surface area contributed by atoms with Crippen molar-refractivity contribution in [1.29, 1.82) is 0 Å². The maximum absolute atomic E-state index is 11.1. The van der Waals surface area contributed by atoms with Crippen LogP contribution < -0.4 is 0 Å². The molecule has 0 radical (unpaired) electrons. The fraction of sp³-hybridized carbons (Fsp3) is 0.667. The van der Waals surface area contributed by atoms with Gasteiger partial charge >= 0.3 is 5.97 Å². The van der Waals surface area contributed by atoms with Gasteiger partial charge in [0.2, 0.25) is 0 Å². The fourth-order valence-electron chi connectivity index (χ4n) is 2.45. The highest BCUT2D eigenvalue weighted by Gasteiger charge is 2.16. The number of aliphatic hydroxyl groups excluding tert-OH is 4. The summed E-state index contributed by atoms with van der Waals surface area (Å²) in [5.41, 5.74) is 0.404. The van der Waals surface area contributed by atoms with E-state index in [1.807, 2.05) is 13.0 Å². The summed E-state index contributed by atoms with van der Waals surface area (Å²) in [7, 11) is 1.30. The Balaban J connectivity index is 4.91. The number of carbonyl (C=O) groups excluding carboxylic acids is 1. The van der Waals surface area contributed by atoms with Crippen LogP contribution in [-0.4, -0.2) is 51.8 Å². The summed E-state index contributed by atoms with van der Waals surface area (Å²) in [6.07, 6.45) is 8.16. The van der Waals surface area contributed by atoms with E-state index in [0.29, 0.717) is 18.4 Å². The second-order valence-corrected chi connectivity index (χ2v) is 6.55. The highest BCUT2D eigenvalue weighted by Crippen LogP contribution is 2.17. The fourth-order valence-corrected chi connectivity index (χ4v) is 2.45. The summed E-state index contributed by atoms with van der Waals surface area (Å²) in [6.45, 7) is 4.02. The van der Waals surface area contributed by atoms with Gasteiger partial charge in [0.05, 0.1) is 19.3 Å². The molecule has 6 nitrogen and oxygen atoms in total. The number of unbranched alkanes of at least 4 members (excludes halogenated alkanes) is 2. The zero-order chi connectivity index (χ0) is 20.7. The summed E-state index contributed by atoms with van der Waals surface area (Å²) >= 11 is 0. The lowest BCUT2D eigenvalue weighted by molar-refractivity contribution is -0.140. The molecule has 0 saturated heterocycles. The number of hydrogen-bond donors (Lipinski definition) is 4. The maximum Gasteiger partial charge on any atom is 0.305 e. The van der Waals surface area contributed by atoms with Crippen molar-refractivity contribution in [3.8, 4) is 0 Å². The Kier molecular flexibility index (Phi) is 14.5. The molecule has 4 N–H and O–H groups in total. The van der Waals surface area contributed by atoms with Crippen molar-refractivity contribution in [2.45, 2.75) is 83.5 Å². The molecule has 27 heavy (non-hydrogen) atoms. The molecule has 0 heterocycles. The van der Waals surface area contributed by atoms with Gasteiger partial charge in [-0.25, -0.2) is 0 Å². The van der Waals surface area contributed by atoms with Crippen LogP contribution in [0.5, 0.6) is 0 Å². The predicted molar refractivity (Wildman–Crippen MR) is 106 cm³/mol. The number of ether oxygens (including phenoxy) is 1. The second-order valence-electron chi connectivity index (χ2n) is 6.55. The van der Waals surface area contributed by atoms with Crippen molar-refractivity contribution in [2.24, 2.45) is 0 Å². The number of rotatable bonds is 14. The molecule has 0 fully saturated rings. The van der Waals surface area contributed by atoms with Crippen LogP contribution in [-0.2, 0) is 9.53 Å². The molecule has 6 heteroatoms. The van der Waals surface area contributed by atoms with Crippen molar-refractivity contribution in [2.75, 3.05) is 7.11 Å². The number of hydrogen-bond acceptors (Lipinski definition) is 6. The van der Waals surface area contributed by atoms with Crippen LogP contribution in [0.25, 0.3) is 0 Å². The Morgan fingerprint density at radius 3 is 2.33 bits per heavy atom. The molecular weight excluding hydrogens is 348 g/mol. The van der Waals surface area contributed by atoms with E-state index < -0.39 is 18.3 Å². The molecule has 0 spiro atoms. The molecule has 0 rings (SSSR count). The maximum atomic E-state index is 11.1. The third kappa shape index (κ3) is 11.6. The molecule has 0 aromatic carbocycles. The molecule has 0 aliphatic rings. The van der Waals surface area contributed by atoms with Gasteiger partial charge in [0.1, 0.15) is 11.9 Å². The molecule has 3 unspecified atom stereocenters. The lowest BCUT2D eigenvalue weighted by atomic mass is 10.0. The van der Waals surface area contributed by atoms with Crippen molar-refractivity contribution in [3.05, 3.63) is 35.6 Å². The van der Waals surface area contributed by atoms with E-state index in [9.17, 15) is 25.2 Å². The summed E-state index contributed by atoms with van der Waals surface area (Å²) < 4.78 is 4.53. The number of esters is 1. The highest BCUT2D eigenvalue weighted by molar-refractivity contribution is 5.68. The topological polar surface area (TPSA) is 107 Å². The SMILES string of the molecule is CCC=CC(/C=C/C(O)C(O)CCCC(=O)OC)=C(\O)C(O)CCCCC. The van der Waals surface area contributed by atoms with Crippen LogP contribution >= 0.6 is 0 Å². The lowest BCUT2D eigenvalue weighted by Crippen LogP contribution is -2.24. The summed E-state index contributed by atoms with van der Waals surface area (Å²) in [5, 5.41) is 40.5. The Morgan fingerprint density at radius 1 is 1.04 bits per heavy atom. The molecule has 0 aromatic rings. The molecule has 0 aliphatic heterocycles. The zero-order valence-corrected chi connectivity index (χ0v) is 16.8. The largest absolute Gasteiger partial charge is 0.509 e. The summed E-state index contributed by atoms with van der Waals surface area (Å²) in [5.74, 6) is -0.497. The minimum absolute atomic E-state index is 0.139.